The Morgan fingerprint density at radius 2 is 1.97 bits per heavy atom. The molecule has 1 saturated heterocycles. The standard InChI is InChI=1S/C27H27NO4/c29-20-9-8-18-13-21-27(31)14-19(12-16-4-2-1-3-5-16)23(30)25-26(27,22(18)24(20)32-25)10-11-28(21)15-17-6-7-17/h1-5,8-9,12,17,21,25,29,31H,6-7,10-11,13-15H2/t21-,25+,26+,27-/m1/s1. The molecule has 2 heterocycles. The van der Waals surface area contributed by atoms with E-state index in [9.17, 15) is 15.0 Å². The highest BCUT2D eigenvalue weighted by molar-refractivity contribution is 6.06. The molecule has 1 spiro atoms. The lowest BCUT2D eigenvalue weighted by Crippen LogP contribution is -2.77. The predicted molar refractivity (Wildman–Crippen MR) is 120 cm³/mol. The van der Waals surface area contributed by atoms with Crippen LogP contribution in [0, 0.1) is 5.92 Å². The quantitative estimate of drug-likeness (QED) is 0.734. The number of rotatable bonds is 3. The Labute approximate surface area is 187 Å². The number of hydrogen-bond donors (Lipinski definition) is 2. The second-order valence-corrected chi connectivity index (χ2v) is 10.4. The molecular formula is C27H27NO4. The van der Waals surface area contributed by atoms with E-state index in [-0.39, 0.29) is 17.6 Å². The van der Waals surface area contributed by atoms with Crippen LogP contribution in [-0.4, -0.2) is 51.7 Å². The van der Waals surface area contributed by atoms with Crippen molar-refractivity contribution in [3.63, 3.8) is 0 Å². The van der Waals surface area contributed by atoms with Crippen molar-refractivity contribution in [3.8, 4) is 11.5 Å². The summed E-state index contributed by atoms with van der Waals surface area (Å²) >= 11 is 0. The lowest BCUT2D eigenvalue weighted by atomic mass is 9.48. The van der Waals surface area contributed by atoms with Crippen LogP contribution in [0.2, 0.25) is 0 Å². The lowest BCUT2D eigenvalue weighted by Gasteiger charge is -2.62. The van der Waals surface area contributed by atoms with Crippen LogP contribution in [0.4, 0.5) is 0 Å². The number of hydrogen-bond acceptors (Lipinski definition) is 5. The van der Waals surface area contributed by atoms with Gasteiger partial charge in [-0.15, -0.1) is 0 Å². The summed E-state index contributed by atoms with van der Waals surface area (Å²) in [6, 6.07) is 13.4. The molecule has 4 atom stereocenters. The van der Waals surface area contributed by atoms with Crippen LogP contribution in [0.1, 0.15) is 42.4 Å². The number of benzene rings is 2. The van der Waals surface area contributed by atoms with Crippen LogP contribution in [0.15, 0.2) is 48.0 Å². The Balaban J connectivity index is 1.42. The SMILES string of the molecule is O=C1C(=Cc2ccccc2)C[C@@]2(O)[C@H]3Cc4ccc(O)c5c4[C@@]2(CCN3CC2CC2)[C@H]1O5. The van der Waals surface area contributed by atoms with E-state index >= 15 is 0 Å². The second-order valence-electron chi connectivity index (χ2n) is 10.4. The number of aliphatic hydroxyl groups is 1. The number of piperidine rings is 1. The molecule has 3 aliphatic carbocycles. The van der Waals surface area contributed by atoms with Crippen LogP contribution < -0.4 is 4.74 Å². The maximum absolute atomic E-state index is 13.8. The summed E-state index contributed by atoms with van der Waals surface area (Å²) in [5.41, 5.74) is 1.67. The molecule has 2 bridgehead atoms. The summed E-state index contributed by atoms with van der Waals surface area (Å²) in [6.07, 6.45) is 5.37. The van der Waals surface area contributed by atoms with Gasteiger partial charge < -0.3 is 14.9 Å². The van der Waals surface area contributed by atoms with Crippen molar-refractivity contribution < 1.29 is 19.7 Å². The van der Waals surface area contributed by atoms with E-state index in [2.05, 4.69) is 4.90 Å². The van der Waals surface area contributed by atoms with Crippen molar-refractivity contribution in [1.82, 2.24) is 4.90 Å². The third-order valence-electron chi connectivity index (χ3n) is 8.67. The van der Waals surface area contributed by atoms with Crippen LogP contribution in [-0.2, 0) is 16.6 Å². The Hall–Kier alpha value is -2.63. The average Bonchev–Trinajstić information content (AvgIpc) is 3.52. The third kappa shape index (κ3) is 2.28. The molecule has 7 rings (SSSR count). The summed E-state index contributed by atoms with van der Waals surface area (Å²) in [5, 5.41) is 23.2. The van der Waals surface area contributed by atoms with E-state index in [1.165, 1.54) is 12.8 Å². The zero-order valence-electron chi connectivity index (χ0n) is 18.0. The van der Waals surface area contributed by atoms with E-state index in [0.29, 0.717) is 24.2 Å². The van der Waals surface area contributed by atoms with Crippen molar-refractivity contribution in [1.29, 1.82) is 0 Å². The van der Waals surface area contributed by atoms with Gasteiger partial charge in [0, 0.05) is 30.1 Å². The first-order valence-electron chi connectivity index (χ1n) is 11.8. The van der Waals surface area contributed by atoms with Gasteiger partial charge in [-0.1, -0.05) is 36.4 Å². The molecule has 2 saturated carbocycles. The molecule has 5 heteroatoms. The molecule has 3 fully saturated rings. The first-order valence-corrected chi connectivity index (χ1v) is 11.8. The van der Waals surface area contributed by atoms with Crippen LogP contribution in [0.25, 0.3) is 6.08 Å². The van der Waals surface area contributed by atoms with Gasteiger partial charge in [0.15, 0.2) is 23.4 Å². The fourth-order valence-corrected chi connectivity index (χ4v) is 7.06. The fraction of sp³-hybridized carbons (Fsp3) is 0.444. The summed E-state index contributed by atoms with van der Waals surface area (Å²) < 4.78 is 6.26. The number of likely N-dealkylation sites (tertiary alicyclic amines) is 1. The molecule has 2 aromatic carbocycles. The van der Waals surface area contributed by atoms with Gasteiger partial charge >= 0.3 is 0 Å². The molecule has 2 aliphatic heterocycles. The van der Waals surface area contributed by atoms with E-state index in [1.54, 1.807) is 6.07 Å². The molecule has 32 heavy (non-hydrogen) atoms. The summed E-state index contributed by atoms with van der Waals surface area (Å²) in [7, 11) is 0. The van der Waals surface area contributed by atoms with Crippen molar-refractivity contribution in [2.75, 3.05) is 13.1 Å². The highest BCUT2D eigenvalue weighted by Gasteiger charge is 2.74. The number of ketones is 1. The molecule has 0 aromatic heterocycles. The molecule has 164 valence electrons. The smallest absolute Gasteiger partial charge is 0.200 e. The van der Waals surface area contributed by atoms with Gasteiger partial charge in [-0.2, -0.15) is 0 Å². The van der Waals surface area contributed by atoms with Crippen molar-refractivity contribution in [2.24, 2.45) is 5.92 Å². The highest BCUT2D eigenvalue weighted by Crippen LogP contribution is 2.65. The zero-order chi connectivity index (χ0) is 21.7. The van der Waals surface area contributed by atoms with Gasteiger partial charge in [0.05, 0.1) is 11.0 Å². The number of Topliss-reactive ketones (excluding diaryl/α,β-unsaturated/α-hetero) is 1. The maximum atomic E-state index is 13.8. The summed E-state index contributed by atoms with van der Waals surface area (Å²) in [6.45, 7) is 1.86. The highest BCUT2D eigenvalue weighted by atomic mass is 16.5. The first-order chi connectivity index (χ1) is 15.5. The number of phenols is 1. The normalized spacial score (nSPS) is 36.2. The van der Waals surface area contributed by atoms with E-state index < -0.39 is 17.1 Å². The fourth-order valence-electron chi connectivity index (χ4n) is 7.06. The Bertz CT molecular complexity index is 1170. The maximum Gasteiger partial charge on any atom is 0.200 e. The molecule has 0 radical (unpaired) electrons. The van der Waals surface area contributed by atoms with Gasteiger partial charge in [-0.3, -0.25) is 9.69 Å². The number of nitrogens with zero attached hydrogens (tertiary/aromatic N) is 1. The number of carbonyl (C=O) groups excluding carboxylic acids is 1. The van der Waals surface area contributed by atoms with Gasteiger partial charge in [-0.05, 0) is 61.4 Å². The van der Waals surface area contributed by atoms with Crippen LogP contribution in [0.5, 0.6) is 11.5 Å². The van der Waals surface area contributed by atoms with Gasteiger partial charge in [0.2, 0.25) is 0 Å². The molecule has 0 unspecified atom stereocenters. The summed E-state index contributed by atoms with van der Waals surface area (Å²) in [5.74, 6) is 1.14. The molecule has 2 aromatic rings. The summed E-state index contributed by atoms with van der Waals surface area (Å²) in [4.78, 5) is 16.3. The predicted octanol–water partition coefficient (Wildman–Crippen LogP) is 3.22. The second kappa shape index (κ2) is 6.24. The van der Waals surface area contributed by atoms with Crippen molar-refractivity contribution >= 4 is 11.9 Å². The molecule has 0 amide bonds. The minimum absolute atomic E-state index is 0.0572. The van der Waals surface area contributed by atoms with Crippen LogP contribution >= 0.6 is 0 Å². The Morgan fingerprint density at radius 1 is 1.16 bits per heavy atom. The largest absolute Gasteiger partial charge is 0.504 e. The van der Waals surface area contributed by atoms with Gasteiger partial charge in [0.25, 0.3) is 0 Å². The van der Waals surface area contributed by atoms with E-state index in [4.69, 9.17) is 4.74 Å². The Morgan fingerprint density at radius 3 is 2.75 bits per heavy atom. The van der Waals surface area contributed by atoms with Gasteiger partial charge in [-0.25, -0.2) is 0 Å². The van der Waals surface area contributed by atoms with Crippen molar-refractivity contribution in [2.45, 2.75) is 55.3 Å². The number of ether oxygens (including phenoxy) is 1. The monoisotopic (exact) mass is 429 g/mol. The minimum atomic E-state index is -1.11. The lowest BCUT2D eigenvalue weighted by molar-refractivity contribution is -0.179. The van der Waals surface area contributed by atoms with Crippen molar-refractivity contribution in [3.05, 3.63) is 64.7 Å². The number of aromatic hydroxyl groups is 1. The molecule has 5 nitrogen and oxygen atoms in total. The average molecular weight is 430 g/mol. The molecule has 2 N–H and O–H groups in total. The van der Waals surface area contributed by atoms with Gasteiger partial charge in [0.1, 0.15) is 0 Å². The number of phenolic OH excluding ortho intramolecular Hbond substituents is 1. The Kier molecular flexibility index (Phi) is 3.68. The third-order valence-corrected chi connectivity index (χ3v) is 8.67. The topological polar surface area (TPSA) is 70.0 Å². The zero-order valence-corrected chi connectivity index (χ0v) is 18.0. The van der Waals surface area contributed by atoms with E-state index in [0.717, 1.165) is 42.1 Å². The van der Waals surface area contributed by atoms with Crippen LogP contribution in [0.3, 0.4) is 0 Å². The van der Waals surface area contributed by atoms with E-state index in [1.807, 2.05) is 42.5 Å². The molecule has 5 aliphatic rings. The number of carbonyl (C=O) groups is 1. The first kappa shape index (κ1) is 18.9. The minimum Gasteiger partial charge on any atom is -0.504 e. The molecular weight excluding hydrogens is 402 g/mol.